The molecule has 0 unspecified atom stereocenters. The molecule has 0 fully saturated rings. The quantitative estimate of drug-likeness (QED) is 0.631. The third kappa shape index (κ3) is 3.30. The molecule has 5 rings (SSSR count). The van der Waals surface area contributed by atoms with Crippen molar-refractivity contribution < 1.29 is 17.6 Å². The lowest BCUT2D eigenvalue weighted by atomic mass is 10.2. The van der Waals surface area contributed by atoms with Gasteiger partial charge in [0, 0.05) is 26.2 Å². The van der Waals surface area contributed by atoms with E-state index < -0.39 is 10.0 Å². The van der Waals surface area contributed by atoms with Gasteiger partial charge in [-0.25, -0.2) is 13.2 Å². The molecule has 0 saturated heterocycles. The molecular formula is C18H17N5O4S2. The van der Waals surface area contributed by atoms with Crippen molar-refractivity contribution in [1.82, 2.24) is 23.3 Å². The zero-order valence-corrected chi connectivity index (χ0v) is 16.9. The van der Waals surface area contributed by atoms with Crippen LogP contribution in [-0.2, 0) is 16.6 Å². The molecule has 0 spiro atoms. The first kappa shape index (κ1) is 18.3. The van der Waals surface area contributed by atoms with Crippen LogP contribution in [0.25, 0.3) is 11.0 Å². The van der Waals surface area contributed by atoms with E-state index in [4.69, 9.17) is 4.42 Å². The zero-order valence-electron chi connectivity index (χ0n) is 15.2. The van der Waals surface area contributed by atoms with Gasteiger partial charge in [-0.05, 0) is 41.5 Å². The minimum absolute atomic E-state index is 0.188. The molecule has 0 aliphatic carbocycles. The number of rotatable bonds is 4. The van der Waals surface area contributed by atoms with E-state index in [-0.39, 0.29) is 10.9 Å². The van der Waals surface area contributed by atoms with Crippen molar-refractivity contribution in [3.8, 4) is 0 Å². The molecule has 150 valence electrons. The van der Waals surface area contributed by atoms with Gasteiger partial charge in [0.25, 0.3) is 0 Å². The van der Waals surface area contributed by atoms with E-state index in [1.807, 2.05) is 0 Å². The molecule has 2 amide bonds. The van der Waals surface area contributed by atoms with Crippen molar-refractivity contribution in [2.45, 2.75) is 11.4 Å². The summed E-state index contributed by atoms with van der Waals surface area (Å²) in [5, 5.41) is 2.82. The van der Waals surface area contributed by atoms with E-state index >= 15 is 0 Å². The van der Waals surface area contributed by atoms with Crippen LogP contribution in [0.3, 0.4) is 0 Å². The molecule has 3 aromatic rings. The van der Waals surface area contributed by atoms with E-state index in [9.17, 15) is 13.2 Å². The molecule has 0 bridgehead atoms. The highest BCUT2D eigenvalue weighted by molar-refractivity contribution is 7.89. The van der Waals surface area contributed by atoms with E-state index in [2.05, 4.69) is 14.1 Å². The van der Waals surface area contributed by atoms with Crippen LogP contribution < -0.4 is 5.32 Å². The van der Waals surface area contributed by atoms with Crippen molar-refractivity contribution in [3.63, 3.8) is 0 Å². The average Bonchev–Trinajstić information content (AvgIpc) is 3.48. The summed E-state index contributed by atoms with van der Waals surface area (Å²) in [5.41, 5.74) is 3.23. The smallest absolute Gasteiger partial charge is 0.318 e. The van der Waals surface area contributed by atoms with Crippen LogP contribution in [0, 0.1) is 0 Å². The van der Waals surface area contributed by atoms with Crippen LogP contribution in [0.2, 0.25) is 0 Å². The van der Waals surface area contributed by atoms with E-state index in [0.29, 0.717) is 49.5 Å². The standard InChI is InChI=1S/C18H17N5O4S2/c24-18(19-7-14-2-1-5-27-14)22-8-12-10-23(11-13(12)9-22)29(25,26)15-3-4-16-17(6-15)21-28-20-16/h1-6H,7-11H2,(H,19,24). The second-order valence-electron chi connectivity index (χ2n) is 6.99. The van der Waals surface area contributed by atoms with Gasteiger partial charge in [-0.2, -0.15) is 13.1 Å². The van der Waals surface area contributed by atoms with Gasteiger partial charge in [0.1, 0.15) is 16.8 Å². The Balaban J connectivity index is 1.23. The highest BCUT2D eigenvalue weighted by atomic mass is 32.2. The van der Waals surface area contributed by atoms with Gasteiger partial charge in [0.2, 0.25) is 10.0 Å². The number of benzene rings is 1. The lowest BCUT2D eigenvalue weighted by Crippen LogP contribution is -2.41. The maximum absolute atomic E-state index is 13.0. The normalized spacial score (nSPS) is 17.3. The van der Waals surface area contributed by atoms with Crippen molar-refractivity contribution in [1.29, 1.82) is 0 Å². The number of fused-ring (bicyclic) bond motifs is 1. The Kier molecular flexibility index (Phi) is 4.37. The van der Waals surface area contributed by atoms with E-state index in [0.717, 1.165) is 22.9 Å². The monoisotopic (exact) mass is 431 g/mol. The molecule has 9 nitrogen and oxygen atoms in total. The molecule has 1 N–H and O–H groups in total. The number of carbonyl (C=O) groups is 1. The number of carbonyl (C=O) groups excluding carboxylic acids is 1. The summed E-state index contributed by atoms with van der Waals surface area (Å²) in [6.45, 7) is 1.78. The van der Waals surface area contributed by atoms with Crippen molar-refractivity contribution in [3.05, 3.63) is 53.5 Å². The summed E-state index contributed by atoms with van der Waals surface area (Å²) in [7, 11) is -3.63. The van der Waals surface area contributed by atoms with E-state index in [1.54, 1.807) is 41.5 Å². The van der Waals surface area contributed by atoms with Crippen LogP contribution >= 0.6 is 11.7 Å². The average molecular weight is 431 g/mol. The lowest BCUT2D eigenvalue weighted by molar-refractivity contribution is 0.207. The lowest BCUT2D eigenvalue weighted by Gasteiger charge is -2.23. The van der Waals surface area contributed by atoms with Crippen LogP contribution in [0.1, 0.15) is 5.76 Å². The molecule has 1 aromatic carbocycles. The molecule has 0 saturated carbocycles. The summed E-state index contributed by atoms with van der Waals surface area (Å²) in [6, 6.07) is 8.18. The second-order valence-corrected chi connectivity index (χ2v) is 9.46. The fraction of sp³-hybridized carbons (Fsp3) is 0.278. The summed E-state index contributed by atoms with van der Waals surface area (Å²) >= 11 is 1.06. The fourth-order valence-electron chi connectivity index (χ4n) is 3.62. The van der Waals surface area contributed by atoms with Gasteiger partial charge >= 0.3 is 6.03 Å². The first-order valence-corrected chi connectivity index (χ1v) is 11.1. The van der Waals surface area contributed by atoms with Gasteiger partial charge in [-0.15, -0.1) is 0 Å². The highest BCUT2D eigenvalue weighted by Crippen LogP contribution is 2.30. The molecule has 0 atom stereocenters. The number of hydrogen-bond acceptors (Lipinski definition) is 7. The molecule has 2 aromatic heterocycles. The Hall–Kier alpha value is -2.76. The molecule has 2 aliphatic heterocycles. The number of sulfonamides is 1. The summed E-state index contributed by atoms with van der Waals surface area (Å²) in [6.07, 6.45) is 1.56. The number of furan rings is 1. The van der Waals surface area contributed by atoms with Crippen molar-refractivity contribution in [2.24, 2.45) is 0 Å². The minimum atomic E-state index is -3.63. The Morgan fingerprint density at radius 1 is 1.10 bits per heavy atom. The number of nitrogens with zero attached hydrogens (tertiary/aromatic N) is 4. The Morgan fingerprint density at radius 3 is 2.59 bits per heavy atom. The third-order valence-electron chi connectivity index (χ3n) is 5.14. The number of nitrogens with one attached hydrogen (secondary N) is 1. The van der Waals surface area contributed by atoms with Gasteiger partial charge in [0.05, 0.1) is 29.4 Å². The number of urea groups is 1. The molecular weight excluding hydrogens is 414 g/mol. The van der Waals surface area contributed by atoms with Gasteiger partial charge in [-0.3, -0.25) is 0 Å². The molecule has 4 heterocycles. The van der Waals surface area contributed by atoms with Gasteiger partial charge in [0.15, 0.2) is 0 Å². The number of aromatic nitrogens is 2. The van der Waals surface area contributed by atoms with Crippen LogP contribution in [0.15, 0.2) is 57.1 Å². The molecule has 0 radical (unpaired) electrons. The van der Waals surface area contributed by atoms with Gasteiger partial charge in [-0.1, -0.05) is 0 Å². The van der Waals surface area contributed by atoms with Crippen molar-refractivity contribution >= 4 is 38.8 Å². The summed E-state index contributed by atoms with van der Waals surface area (Å²) < 4.78 is 41.0. The molecule has 29 heavy (non-hydrogen) atoms. The minimum Gasteiger partial charge on any atom is -0.467 e. The summed E-state index contributed by atoms with van der Waals surface area (Å²) in [5.74, 6) is 0.683. The first-order valence-electron chi connectivity index (χ1n) is 8.98. The maximum Gasteiger partial charge on any atom is 0.318 e. The second kappa shape index (κ2) is 6.94. The van der Waals surface area contributed by atoms with Crippen LogP contribution in [0.4, 0.5) is 4.79 Å². The predicted octanol–water partition coefficient (Wildman–Crippen LogP) is 1.81. The Labute approximate surface area is 171 Å². The summed E-state index contributed by atoms with van der Waals surface area (Å²) in [4.78, 5) is 14.3. The van der Waals surface area contributed by atoms with Crippen LogP contribution in [0.5, 0.6) is 0 Å². The molecule has 2 aliphatic rings. The Morgan fingerprint density at radius 2 is 1.86 bits per heavy atom. The van der Waals surface area contributed by atoms with E-state index in [1.165, 1.54) is 4.31 Å². The number of hydrogen-bond donors (Lipinski definition) is 1. The third-order valence-corrected chi connectivity index (χ3v) is 7.49. The Bertz CT molecular complexity index is 1200. The van der Waals surface area contributed by atoms with Crippen molar-refractivity contribution in [2.75, 3.05) is 26.2 Å². The number of amides is 2. The maximum atomic E-state index is 13.0. The highest BCUT2D eigenvalue weighted by Gasteiger charge is 2.37. The predicted molar refractivity (Wildman–Crippen MR) is 106 cm³/mol. The topological polar surface area (TPSA) is 109 Å². The van der Waals surface area contributed by atoms with Crippen LogP contribution in [-0.4, -0.2) is 58.6 Å². The SMILES string of the molecule is O=C(NCc1ccco1)N1CC2=C(C1)CN(S(=O)(=O)c1ccc3nsnc3c1)C2. The largest absolute Gasteiger partial charge is 0.467 e. The fourth-order valence-corrected chi connectivity index (χ4v) is 5.59. The first-order chi connectivity index (χ1) is 14.0. The molecule has 11 heteroatoms. The zero-order chi connectivity index (χ0) is 20.0. The van der Waals surface area contributed by atoms with Gasteiger partial charge < -0.3 is 14.6 Å².